The minimum atomic E-state index is -1.18. The van der Waals surface area contributed by atoms with E-state index < -0.39 is 41.4 Å². The number of Topliss-reactive ketones (excluding diaryl/α,β-unsaturated/α-hetero) is 1. The van der Waals surface area contributed by atoms with Crippen molar-refractivity contribution in [3.63, 3.8) is 0 Å². The van der Waals surface area contributed by atoms with E-state index in [1.54, 1.807) is 6.92 Å². The van der Waals surface area contributed by atoms with Crippen LogP contribution < -0.4 is 10.1 Å². The fourth-order valence-electron chi connectivity index (χ4n) is 7.30. The van der Waals surface area contributed by atoms with E-state index in [9.17, 15) is 24.3 Å². The van der Waals surface area contributed by atoms with Gasteiger partial charge in [0.25, 0.3) is 5.91 Å². The lowest BCUT2D eigenvalue weighted by Crippen LogP contribution is -2.52. The van der Waals surface area contributed by atoms with Crippen molar-refractivity contribution in [3.05, 3.63) is 78.2 Å². The molecule has 2 fully saturated rings. The van der Waals surface area contributed by atoms with E-state index in [1.165, 1.54) is 11.0 Å². The summed E-state index contributed by atoms with van der Waals surface area (Å²) in [6, 6.07) is 15.2. The van der Waals surface area contributed by atoms with Crippen LogP contribution in [-0.4, -0.2) is 68.4 Å². The van der Waals surface area contributed by atoms with Gasteiger partial charge in [-0.25, -0.2) is 4.98 Å². The molecule has 0 bridgehead atoms. The van der Waals surface area contributed by atoms with Crippen LogP contribution in [0.3, 0.4) is 0 Å². The van der Waals surface area contributed by atoms with Crippen molar-refractivity contribution in [2.24, 2.45) is 11.3 Å². The molecule has 11 heteroatoms. The van der Waals surface area contributed by atoms with Crippen molar-refractivity contribution in [2.75, 3.05) is 6.54 Å². The molecule has 1 saturated carbocycles. The van der Waals surface area contributed by atoms with Crippen molar-refractivity contribution in [3.8, 4) is 5.88 Å². The number of aliphatic carboxylic acids is 1. The molecule has 1 saturated heterocycles. The van der Waals surface area contributed by atoms with E-state index in [0.717, 1.165) is 40.9 Å². The number of aromatic nitrogens is 2. The van der Waals surface area contributed by atoms with E-state index in [0.29, 0.717) is 30.9 Å². The van der Waals surface area contributed by atoms with Crippen LogP contribution >= 0.6 is 0 Å². The van der Waals surface area contributed by atoms with E-state index in [1.807, 2.05) is 60.7 Å². The number of para-hydroxylation sites is 1. The first-order valence-corrected chi connectivity index (χ1v) is 16.6. The summed E-state index contributed by atoms with van der Waals surface area (Å²) in [4.78, 5) is 60.5. The number of rotatable bonds is 5. The summed E-state index contributed by atoms with van der Waals surface area (Å²) in [6.07, 6.45) is 7.19. The van der Waals surface area contributed by atoms with Crippen molar-refractivity contribution >= 4 is 45.2 Å². The highest BCUT2D eigenvalue weighted by Gasteiger charge is 2.61. The number of amides is 2. The molecular weight excluding hydrogens is 612 g/mol. The number of nitrogens with one attached hydrogen (secondary N) is 1. The summed E-state index contributed by atoms with van der Waals surface area (Å²) < 4.78 is 11.6. The molecule has 248 valence electrons. The lowest BCUT2D eigenvalue weighted by molar-refractivity contribution is -0.147. The van der Waals surface area contributed by atoms with Gasteiger partial charge in [0, 0.05) is 29.7 Å². The topological polar surface area (TPSA) is 152 Å². The SMILES string of the molecule is Cc1cc(C(=O)N[C@H]2CCCCC/C=C\[C@@H]3C[C@@]3(C(=O)O)CC(=O)[C@@H]3C[C@@H](Oc4nc5ccccc5c5ccccc45)CN3C2=O)no1. The Bertz CT molecular complexity index is 1940. The number of carboxylic acid groups (broad SMARTS) is 1. The smallest absolute Gasteiger partial charge is 0.310 e. The molecule has 7 rings (SSSR count). The molecule has 11 nitrogen and oxygen atoms in total. The van der Waals surface area contributed by atoms with Crippen LogP contribution in [0.2, 0.25) is 0 Å². The summed E-state index contributed by atoms with van der Waals surface area (Å²) in [5, 5.41) is 19.6. The Morgan fingerprint density at radius 2 is 1.81 bits per heavy atom. The molecule has 2 amide bonds. The van der Waals surface area contributed by atoms with Gasteiger partial charge in [-0.05, 0) is 56.0 Å². The van der Waals surface area contributed by atoms with Gasteiger partial charge in [0.1, 0.15) is 17.9 Å². The fourth-order valence-corrected chi connectivity index (χ4v) is 7.30. The van der Waals surface area contributed by atoms with Crippen molar-refractivity contribution in [1.82, 2.24) is 20.4 Å². The Morgan fingerprint density at radius 1 is 1.04 bits per heavy atom. The number of ether oxygens (including phenoxy) is 1. The van der Waals surface area contributed by atoms with Gasteiger partial charge in [-0.3, -0.25) is 19.2 Å². The van der Waals surface area contributed by atoms with E-state index in [2.05, 4.69) is 10.5 Å². The highest BCUT2D eigenvalue weighted by atomic mass is 16.5. The molecule has 48 heavy (non-hydrogen) atoms. The van der Waals surface area contributed by atoms with E-state index >= 15 is 0 Å². The number of allylic oxidation sites excluding steroid dienone is 2. The van der Waals surface area contributed by atoms with Gasteiger partial charge in [-0.2, -0.15) is 0 Å². The number of ketones is 1. The number of fused-ring (bicyclic) bond motifs is 5. The molecule has 2 aliphatic heterocycles. The second-order valence-electron chi connectivity index (χ2n) is 13.3. The zero-order chi connectivity index (χ0) is 33.4. The van der Waals surface area contributed by atoms with Crippen LogP contribution in [0.1, 0.15) is 67.6 Å². The first kappa shape index (κ1) is 31.5. The molecular formula is C37H38N4O7. The predicted molar refractivity (Wildman–Crippen MR) is 176 cm³/mol. The molecule has 0 spiro atoms. The standard InChI is InChI=1S/C37H38N4O7/c1-22-17-30(40-48-22)33(43)38-29-16-6-4-2-3-5-11-23-19-37(23,36(45)46)20-32(42)31-18-24(21-41(31)35(29)44)47-34-27-14-8-7-12-25(27)26-13-9-10-15-28(26)39-34/h5,7-15,17,23-24,29,31H,2-4,6,16,18-21H2,1H3,(H,38,43)(H,45,46)/b11-5-/t23-,24-,29+,31+,37-/m1/s1. The average Bonchev–Trinajstić information content (AvgIpc) is 3.36. The number of hydrogen-bond acceptors (Lipinski definition) is 8. The largest absolute Gasteiger partial charge is 0.481 e. The molecule has 1 aliphatic carbocycles. The lowest BCUT2D eigenvalue weighted by Gasteiger charge is -2.29. The average molecular weight is 651 g/mol. The zero-order valence-electron chi connectivity index (χ0n) is 26.8. The fraction of sp³-hybridized carbons (Fsp3) is 0.405. The Hall–Kier alpha value is -5.06. The second kappa shape index (κ2) is 12.9. The highest BCUT2D eigenvalue weighted by molar-refractivity contribution is 6.07. The molecule has 4 aromatic rings. The summed E-state index contributed by atoms with van der Waals surface area (Å²) in [5.74, 6) is -1.64. The number of nitrogens with zero attached hydrogens (tertiary/aromatic N) is 3. The number of hydrogen-bond donors (Lipinski definition) is 2. The van der Waals surface area contributed by atoms with Crippen molar-refractivity contribution in [1.29, 1.82) is 0 Å². The van der Waals surface area contributed by atoms with Crippen LogP contribution in [0, 0.1) is 18.3 Å². The number of pyridine rings is 1. The molecule has 5 atom stereocenters. The minimum Gasteiger partial charge on any atom is -0.481 e. The summed E-state index contributed by atoms with van der Waals surface area (Å²) in [7, 11) is 0. The van der Waals surface area contributed by atoms with E-state index in [-0.39, 0.29) is 36.8 Å². The van der Waals surface area contributed by atoms with Crippen LogP contribution in [-0.2, 0) is 14.4 Å². The van der Waals surface area contributed by atoms with Crippen molar-refractivity contribution in [2.45, 2.75) is 76.5 Å². The molecule has 3 aliphatic rings. The number of carbonyl (C=O) groups is 4. The molecule has 2 N–H and O–H groups in total. The van der Waals surface area contributed by atoms with Crippen LogP contribution in [0.15, 0.2) is 71.3 Å². The molecule has 0 radical (unpaired) electrons. The minimum absolute atomic E-state index is 0.0639. The molecule has 4 heterocycles. The van der Waals surface area contributed by atoms with Crippen LogP contribution in [0.25, 0.3) is 21.7 Å². The monoisotopic (exact) mass is 650 g/mol. The molecule has 2 aromatic heterocycles. The number of carboxylic acids is 1. The summed E-state index contributed by atoms with van der Waals surface area (Å²) in [6.45, 7) is 1.76. The molecule has 0 unspecified atom stereocenters. The Morgan fingerprint density at radius 3 is 2.58 bits per heavy atom. The maximum absolute atomic E-state index is 14.4. The third kappa shape index (κ3) is 6.05. The van der Waals surface area contributed by atoms with Crippen molar-refractivity contribution < 1.29 is 33.5 Å². The second-order valence-corrected chi connectivity index (χ2v) is 13.3. The van der Waals surface area contributed by atoms with Gasteiger partial charge in [-0.15, -0.1) is 0 Å². The quantitative estimate of drug-likeness (QED) is 0.214. The lowest BCUT2D eigenvalue weighted by atomic mass is 9.92. The van der Waals surface area contributed by atoms with Gasteiger partial charge in [-0.1, -0.05) is 66.5 Å². The van der Waals surface area contributed by atoms with Gasteiger partial charge in [0.2, 0.25) is 11.8 Å². The van der Waals surface area contributed by atoms with Gasteiger partial charge in [0.05, 0.1) is 23.5 Å². The maximum atomic E-state index is 14.4. The first-order chi connectivity index (χ1) is 23.2. The Balaban J connectivity index is 1.21. The number of aryl methyl sites for hydroxylation is 1. The first-order valence-electron chi connectivity index (χ1n) is 16.6. The van der Waals surface area contributed by atoms with E-state index in [4.69, 9.17) is 14.2 Å². The van der Waals surface area contributed by atoms with Gasteiger partial charge < -0.3 is 24.6 Å². The zero-order valence-corrected chi connectivity index (χ0v) is 26.8. The third-order valence-electron chi connectivity index (χ3n) is 10.0. The molecule has 2 aromatic carbocycles. The third-order valence-corrected chi connectivity index (χ3v) is 10.0. The highest BCUT2D eigenvalue weighted by Crippen LogP contribution is 2.57. The van der Waals surface area contributed by atoms with Crippen LogP contribution in [0.4, 0.5) is 0 Å². The predicted octanol–water partition coefficient (Wildman–Crippen LogP) is 5.40. The number of carbonyl (C=O) groups excluding carboxylic acids is 3. The van der Waals surface area contributed by atoms with Gasteiger partial charge in [0.15, 0.2) is 11.5 Å². The Labute approximate surface area is 277 Å². The van der Waals surface area contributed by atoms with Crippen LogP contribution in [0.5, 0.6) is 5.88 Å². The number of benzene rings is 2. The summed E-state index contributed by atoms with van der Waals surface area (Å²) >= 11 is 0. The maximum Gasteiger partial charge on any atom is 0.310 e. The van der Waals surface area contributed by atoms with Gasteiger partial charge >= 0.3 is 5.97 Å². The summed E-state index contributed by atoms with van der Waals surface area (Å²) in [5.41, 5.74) is -0.363. The normalized spacial score (nSPS) is 27.1. The Kier molecular flexibility index (Phi) is 8.45.